The highest BCUT2D eigenvalue weighted by Crippen LogP contribution is 2.21. The molecule has 0 radical (unpaired) electrons. The molecule has 2 rings (SSSR count). The highest BCUT2D eigenvalue weighted by Gasteiger charge is 2.35. The topological polar surface area (TPSA) is 70.7 Å². The van der Waals surface area contributed by atoms with Crippen molar-refractivity contribution in [3.63, 3.8) is 0 Å². The lowest BCUT2D eigenvalue weighted by Gasteiger charge is -2.23. The fourth-order valence-electron chi connectivity index (χ4n) is 2.57. The van der Waals surface area contributed by atoms with Gasteiger partial charge in [-0.05, 0) is 62.2 Å². The molecule has 0 saturated heterocycles. The average Bonchev–Trinajstić information content (AvgIpc) is 2.68. The van der Waals surface area contributed by atoms with E-state index >= 15 is 0 Å². The van der Waals surface area contributed by atoms with Gasteiger partial charge in [0.1, 0.15) is 11.2 Å². The molecule has 0 saturated carbocycles. The third kappa shape index (κ3) is 5.49. The number of benzene rings is 2. The first-order chi connectivity index (χ1) is 13.2. The van der Waals surface area contributed by atoms with Crippen molar-refractivity contribution in [3.8, 4) is 5.75 Å². The van der Waals surface area contributed by atoms with Gasteiger partial charge >= 0.3 is 0 Å². The maximum absolute atomic E-state index is 12.6. The van der Waals surface area contributed by atoms with E-state index in [0.29, 0.717) is 18.7 Å². The van der Waals surface area contributed by atoms with Crippen molar-refractivity contribution < 1.29 is 14.3 Å². The van der Waals surface area contributed by atoms with Gasteiger partial charge in [0.25, 0.3) is 0 Å². The van der Waals surface area contributed by atoms with Crippen LogP contribution in [0, 0.1) is 5.41 Å². The van der Waals surface area contributed by atoms with Gasteiger partial charge in [0, 0.05) is 32.0 Å². The number of carbonyl (C=O) groups is 2. The fourth-order valence-corrected chi connectivity index (χ4v) is 2.57. The largest absolute Gasteiger partial charge is 0.497 e. The molecule has 0 atom stereocenters. The van der Waals surface area contributed by atoms with Crippen molar-refractivity contribution in [2.45, 2.75) is 20.3 Å². The molecule has 0 heterocycles. The number of ether oxygens (including phenoxy) is 1. The molecule has 2 amide bonds. The van der Waals surface area contributed by atoms with E-state index in [0.717, 1.165) is 17.0 Å². The maximum Gasteiger partial charge on any atom is 0.239 e. The van der Waals surface area contributed by atoms with Gasteiger partial charge in [-0.1, -0.05) is 12.1 Å². The lowest BCUT2D eigenvalue weighted by atomic mass is 9.90. The molecule has 2 aromatic carbocycles. The van der Waals surface area contributed by atoms with E-state index in [1.54, 1.807) is 21.0 Å². The molecule has 0 aliphatic heterocycles. The number of amides is 2. The summed E-state index contributed by atoms with van der Waals surface area (Å²) < 4.78 is 5.13. The molecular formula is C22H29N3O3. The summed E-state index contributed by atoms with van der Waals surface area (Å²) >= 11 is 0. The molecular weight excluding hydrogens is 354 g/mol. The Morgan fingerprint density at radius 3 is 2.11 bits per heavy atom. The lowest BCUT2D eigenvalue weighted by Crippen LogP contribution is -2.45. The van der Waals surface area contributed by atoms with Crippen LogP contribution in [0.1, 0.15) is 19.4 Å². The van der Waals surface area contributed by atoms with Gasteiger partial charge in [-0.25, -0.2) is 0 Å². The summed E-state index contributed by atoms with van der Waals surface area (Å²) in [6, 6.07) is 15.2. The Morgan fingerprint density at radius 2 is 1.57 bits per heavy atom. The van der Waals surface area contributed by atoms with Crippen LogP contribution >= 0.6 is 0 Å². The fraction of sp³-hybridized carbons (Fsp3) is 0.364. The van der Waals surface area contributed by atoms with E-state index in [4.69, 9.17) is 4.74 Å². The Hall–Kier alpha value is -3.02. The van der Waals surface area contributed by atoms with Crippen LogP contribution in [-0.4, -0.2) is 39.6 Å². The number of carbonyl (C=O) groups excluding carboxylic acids is 2. The average molecular weight is 383 g/mol. The molecule has 0 bridgehead atoms. The first-order valence-corrected chi connectivity index (χ1v) is 9.24. The third-order valence-electron chi connectivity index (χ3n) is 4.64. The number of nitrogens with one attached hydrogen (secondary N) is 2. The van der Waals surface area contributed by atoms with E-state index in [1.807, 2.05) is 67.5 Å². The second kappa shape index (κ2) is 9.26. The van der Waals surface area contributed by atoms with Crippen LogP contribution in [0.3, 0.4) is 0 Å². The van der Waals surface area contributed by atoms with E-state index in [1.165, 1.54) is 0 Å². The zero-order valence-electron chi connectivity index (χ0n) is 17.2. The van der Waals surface area contributed by atoms with Crippen molar-refractivity contribution >= 4 is 23.2 Å². The van der Waals surface area contributed by atoms with Gasteiger partial charge in [0.2, 0.25) is 11.8 Å². The normalized spacial score (nSPS) is 10.9. The molecule has 0 aliphatic carbocycles. The van der Waals surface area contributed by atoms with Crippen molar-refractivity contribution in [2.75, 3.05) is 38.0 Å². The van der Waals surface area contributed by atoms with Gasteiger partial charge in [-0.3, -0.25) is 9.59 Å². The lowest BCUT2D eigenvalue weighted by molar-refractivity contribution is -0.138. The third-order valence-corrected chi connectivity index (χ3v) is 4.64. The molecule has 2 N–H and O–H groups in total. The zero-order valence-corrected chi connectivity index (χ0v) is 17.2. The minimum absolute atomic E-state index is 0.302. The molecule has 0 spiro atoms. The van der Waals surface area contributed by atoms with E-state index in [-0.39, 0.29) is 11.8 Å². The number of hydrogen-bond donors (Lipinski definition) is 2. The minimum atomic E-state index is -1.18. The molecule has 0 unspecified atom stereocenters. The second-order valence-electron chi connectivity index (χ2n) is 7.37. The highest BCUT2D eigenvalue weighted by atomic mass is 16.5. The predicted octanol–water partition coefficient (Wildman–Crippen LogP) is 3.08. The Bertz CT molecular complexity index is 797. The Labute approximate surface area is 166 Å². The van der Waals surface area contributed by atoms with Crippen LogP contribution in [-0.2, 0) is 16.0 Å². The molecule has 0 fully saturated rings. The standard InChI is InChI=1S/C22H29N3O3/c1-22(2,21(27)24-17-8-10-18(11-9-17)25(3)4)20(26)23-15-14-16-6-12-19(28-5)13-7-16/h6-13H,14-15H2,1-5H3,(H,23,26)(H,24,27). The van der Waals surface area contributed by atoms with Gasteiger partial charge in [-0.2, -0.15) is 0 Å². The van der Waals surface area contributed by atoms with Crippen molar-refractivity contribution in [2.24, 2.45) is 5.41 Å². The summed E-state index contributed by atoms with van der Waals surface area (Å²) in [5.74, 6) is 0.152. The first kappa shape index (κ1) is 21.3. The molecule has 0 aliphatic rings. The zero-order chi connectivity index (χ0) is 20.7. The van der Waals surface area contributed by atoms with E-state index in [2.05, 4.69) is 10.6 Å². The van der Waals surface area contributed by atoms with Gasteiger partial charge in [0.15, 0.2) is 0 Å². The first-order valence-electron chi connectivity index (χ1n) is 9.24. The van der Waals surface area contributed by atoms with Gasteiger partial charge in [0.05, 0.1) is 7.11 Å². The quantitative estimate of drug-likeness (QED) is 0.687. The summed E-state index contributed by atoms with van der Waals surface area (Å²) in [6.07, 6.45) is 0.680. The summed E-state index contributed by atoms with van der Waals surface area (Å²) in [7, 11) is 5.53. The molecule has 0 aromatic heterocycles. The van der Waals surface area contributed by atoms with Gasteiger partial charge < -0.3 is 20.3 Å². The number of methoxy groups -OCH3 is 1. The van der Waals surface area contributed by atoms with Crippen LogP contribution in [0.25, 0.3) is 0 Å². The molecule has 150 valence electrons. The predicted molar refractivity (Wildman–Crippen MR) is 113 cm³/mol. The Morgan fingerprint density at radius 1 is 0.964 bits per heavy atom. The smallest absolute Gasteiger partial charge is 0.239 e. The number of rotatable bonds is 8. The number of hydrogen-bond acceptors (Lipinski definition) is 4. The summed E-state index contributed by atoms with van der Waals surface area (Å²) in [6.45, 7) is 3.71. The monoisotopic (exact) mass is 383 g/mol. The summed E-state index contributed by atoms with van der Waals surface area (Å²) in [5.41, 5.74) is 1.60. The highest BCUT2D eigenvalue weighted by molar-refractivity contribution is 6.09. The van der Waals surface area contributed by atoms with E-state index in [9.17, 15) is 9.59 Å². The molecule has 6 heteroatoms. The second-order valence-corrected chi connectivity index (χ2v) is 7.37. The molecule has 6 nitrogen and oxygen atoms in total. The van der Waals surface area contributed by atoms with Crippen molar-refractivity contribution in [1.29, 1.82) is 0 Å². The molecule has 2 aromatic rings. The maximum atomic E-state index is 12.6. The Kier molecular flexibility index (Phi) is 7.04. The number of anilines is 2. The van der Waals surface area contributed by atoms with Crippen molar-refractivity contribution in [3.05, 3.63) is 54.1 Å². The summed E-state index contributed by atoms with van der Waals surface area (Å²) in [5, 5.41) is 5.67. The van der Waals surface area contributed by atoms with Crippen LogP contribution in [0.15, 0.2) is 48.5 Å². The van der Waals surface area contributed by atoms with Crippen LogP contribution in [0.4, 0.5) is 11.4 Å². The summed E-state index contributed by atoms with van der Waals surface area (Å²) in [4.78, 5) is 27.1. The van der Waals surface area contributed by atoms with Crippen molar-refractivity contribution in [1.82, 2.24) is 5.32 Å². The van der Waals surface area contributed by atoms with Crippen LogP contribution in [0.2, 0.25) is 0 Å². The van der Waals surface area contributed by atoms with Gasteiger partial charge in [-0.15, -0.1) is 0 Å². The van der Waals surface area contributed by atoms with Crippen LogP contribution < -0.4 is 20.3 Å². The van der Waals surface area contributed by atoms with E-state index < -0.39 is 5.41 Å². The SMILES string of the molecule is COc1ccc(CCNC(=O)C(C)(C)C(=O)Nc2ccc(N(C)C)cc2)cc1. The Balaban J connectivity index is 1.88. The number of nitrogens with zero attached hydrogens (tertiary/aromatic N) is 1. The molecule has 28 heavy (non-hydrogen) atoms. The van der Waals surface area contributed by atoms with Crippen LogP contribution in [0.5, 0.6) is 5.75 Å². The minimum Gasteiger partial charge on any atom is -0.497 e.